The first-order valence-corrected chi connectivity index (χ1v) is 9.14. The summed E-state index contributed by atoms with van der Waals surface area (Å²) in [6.45, 7) is 6.56. The zero-order valence-electron chi connectivity index (χ0n) is 14.9. The predicted molar refractivity (Wildman–Crippen MR) is 98.9 cm³/mol. The van der Waals surface area contributed by atoms with E-state index < -0.39 is 0 Å². The van der Waals surface area contributed by atoms with Gasteiger partial charge in [0.15, 0.2) is 0 Å². The van der Waals surface area contributed by atoms with E-state index in [1.54, 1.807) is 0 Å². The summed E-state index contributed by atoms with van der Waals surface area (Å²) in [6, 6.07) is 8.78. The van der Waals surface area contributed by atoms with Gasteiger partial charge in [-0.3, -0.25) is 4.90 Å². The number of unbranched alkanes of at least 4 members (excludes halogenated alkanes) is 1. The minimum absolute atomic E-state index is 0.181. The van der Waals surface area contributed by atoms with Crippen molar-refractivity contribution in [3.05, 3.63) is 65.5 Å². The Morgan fingerprint density at radius 2 is 2.24 bits per heavy atom. The summed E-state index contributed by atoms with van der Waals surface area (Å²) in [5.41, 5.74) is 6.13. The molecule has 1 aliphatic rings. The van der Waals surface area contributed by atoms with Gasteiger partial charge in [0.05, 0.1) is 23.8 Å². The highest BCUT2D eigenvalue weighted by atomic mass is 15.3. The van der Waals surface area contributed by atoms with Crippen molar-refractivity contribution in [1.29, 1.82) is 0 Å². The van der Waals surface area contributed by atoms with E-state index in [0.29, 0.717) is 0 Å². The van der Waals surface area contributed by atoms with E-state index in [1.165, 1.54) is 35.4 Å². The van der Waals surface area contributed by atoms with Crippen LogP contribution < -0.4 is 0 Å². The van der Waals surface area contributed by atoms with Crippen LogP contribution in [0.1, 0.15) is 48.3 Å². The number of H-pyrrole nitrogens is 1. The Morgan fingerprint density at radius 1 is 1.32 bits per heavy atom. The van der Waals surface area contributed by atoms with Crippen LogP contribution in [0.15, 0.2) is 43.0 Å². The second-order valence-electron chi connectivity index (χ2n) is 6.82. The van der Waals surface area contributed by atoms with E-state index in [-0.39, 0.29) is 6.04 Å². The van der Waals surface area contributed by atoms with Crippen LogP contribution in [0, 0.1) is 6.92 Å². The second-order valence-corrected chi connectivity index (χ2v) is 6.82. The van der Waals surface area contributed by atoms with Gasteiger partial charge in [-0.15, -0.1) is 0 Å². The quantitative estimate of drug-likeness (QED) is 0.774. The smallest absolute Gasteiger partial charge is 0.0926 e. The van der Waals surface area contributed by atoms with Gasteiger partial charge in [-0.25, -0.2) is 9.67 Å². The Morgan fingerprint density at radius 3 is 3.04 bits per heavy atom. The number of rotatable bonds is 5. The maximum absolute atomic E-state index is 4.70. The number of benzene rings is 1. The van der Waals surface area contributed by atoms with E-state index in [9.17, 15) is 0 Å². The molecule has 4 rings (SSSR count). The zero-order chi connectivity index (χ0) is 17.2. The van der Waals surface area contributed by atoms with Crippen LogP contribution >= 0.6 is 0 Å². The summed E-state index contributed by atoms with van der Waals surface area (Å²) in [5, 5.41) is 4.47. The van der Waals surface area contributed by atoms with Gasteiger partial charge in [0, 0.05) is 36.6 Å². The Labute approximate surface area is 148 Å². The third-order valence-electron chi connectivity index (χ3n) is 5.05. The number of hydrogen-bond acceptors (Lipinski definition) is 3. The second kappa shape index (κ2) is 6.84. The molecule has 0 radical (unpaired) electrons. The molecule has 3 heterocycles. The molecule has 0 amide bonds. The van der Waals surface area contributed by atoms with Gasteiger partial charge in [0.1, 0.15) is 0 Å². The van der Waals surface area contributed by atoms with Crippen LogP contribution in [0.25, 0.3) is 5.69 Å². The van der Waals surface area contributed by atoms with Crippen molar-refractivity contribution in [2.75, 3.05) is 13.1 Å². The van der Waals surface area contributed by atoms with Gasteiger partial charge in [0.2, 0.25) is 0 Å². The van der Waals surface area contributed by atoms with Gasteiger partial charge in [-0.05, 0) is 32.0 Å². The molecule has 0 spiro atoms. The largest absolute Gasteiger partial charge is 0.348 e. The summed E-state index contributed by atoms with van der Waals surface area (Å²) in [6.07, 6.45) is 9.14. The molecule has 3 aromatic rings. The highest BCUT2D eigenvalue weighted by molar-refractivity contribution is 5.48. The number of imidazole rings is 1. The summed E-state index contributed by atoms with van der Waals surface area (Å²) in [7, 11) is 0. The van der Waals surface area contributed by atoms with Crippen molar-refractivity contribution in [1.82, 2.24) is 24.6 Å². The minimum Gasteiger partial charge on any atom is -0.348 e. The molecule has 5 nitrogen and oxygen atoms in total. The standard InChI is InChI=1S/C20H25N5/c1-3-4-10-24-12-8-17-19(22-14-21-17)20(24)16-13-15(2)6-7-18(16)25-11-5-9-23-25/h5-7,9,11,13-14,20H,3-4,8,10,12H2,1-2H3,(H,21,22)/t20-/m0/s1. The van der Waals surface area contributed by atoms with Gasteiger partial charge in [-0.1, -0.05) is 31.0 Å². The van der Waals surface area contributed by atoms with E-state index in [1.807, 2.05) is 29.5 Å². The maximum atomic E-state index is 4.70. The zero-order valence-corrected chi connectivity index (χ0v) is 14.9. The molecule has 25 heavy (non-hydrogen) atoms. The number of fused-ring (bicyclic) bond motifs is 1. The lowest BCUT2D eigenvalue weighted by atomic mass is 9.93. The lowest BCUT2D eigenvalue weighted by Crippen LogP contribution is -2.37. The third kappa shape index (κ3) is 3.00. The first-order valence-electron chi connectivity index (χ1n) is 9.14. The van der Waals surface area contributed by atoms with Crippen LogP contribution in [0.2, 0.25) is 0 Å². The molecule has 1 aromatic carbocycles. The van der Waals surface area contributed by atoms with Gasteiger partial charge < -0.3 is 4.98 Å². The summed E-state index contributed by atoms with van der Waals surface area (Å²) in [5.74, 6) is 0. The number of nitrogens with zero attached hydrogens (tertiary/aromatic N) is 4. The SMILES string of the molecule is CCCCN1CCc2[nH]cnc2[C@@H]1c1cc(C)ccc1-n1cccn1. The van der Waals surface area contributed by atoms with Crippen LogP contribution in [0.3, 0.4) is 0 Å². The Balaban J connectivity index is 1.84. The summed E-state index contributed by atoms with van der Waals surface area (Å²) in [4.78, 5) is 10.6. The molecule has 0 saturated heterocycles. The molecule has 0 saturated carbocycles. The van der Waals surface area contributed by atoms with Crippen molar-refractivity contribution in [3.8, 4) is 5.69 Å². The van der Waals surface area contributed by atoms with Crippen molar-refractivity contribution in [2.24, 2.45) is 0 Å². The van der Waals surface area contributed by atoms with Gasteiger partial charge >= 0.3 is 0 Å². The molecular weight excluding hydrogens is 310 g/mol. The van der Waals surface area contributed by atoms with Crippen molar-refractivity contribution >= 4 is 0 Å². The Hall–Kier alpha value is -2.40. The lowest BCUT2D eigenvalue weighted by Gasteiger charge is -2.36. The minimum atomic E-state index is 0.181. The fourth-order valence-electron chi connectivity index (χ4n) is 3.78. The van der Waals surface area contributed by atoms with Crippen LogP contribution in [-0.2, 0) is 6.42 Å². The Kier molecular flexibility index (Phi) is 4.40. The number of aryl methyl sites for hydroxylation is 1. The number of hydrogen-bond donors (Lipinski definition) is 1. The molecule has 1 aliphatic heterocycles. The molecule has 0 bridgehead atoms. The molecule has 1 N–H and O–H groups in total. The Bertz CT molecular complexity index is 834. The normalized spacial score (nSPS) is 17.6. The molecule has 0 fully saturated rings. The van der Waals surface area contributed by atoms with Gasteiger partial charge in [0.25, 0.3) is 0 Å². The summed E-state index contributed by atoms with van der Waals surface area (Å²) >= 11 is 0. The number of aromatic amines is 1. The topological polar surface area (TPSA) is 49.7 Å². The monoisotopic (exact) mass is 335 g/mol. The average Bonchev–Trinajstić information content (AvgIpc) is 3.30. The van der Waals surface area contributed by atoms with Crippen LogP contribution in [0.4, 0.5) is 0 Å². The highest BCUT2D eigenvalue weighted by Gasteiger charge is 2.32. The first kappa shape index (κ1) is 16.1. The predicted octanol–water partition coefficient (Wildman–Crippen LogP) is 3.65. The fourth-order valence-corrected chi connectivity index (χ4v) is 3.78. The van der Waals surface area contributed by atoms with E-state index >= 15 is 0 Å². The molecule has 2 aromatic heterocycles. The maximum Gasteiger partial charge on any atom is 0.0926 e. The third-order valence-corrected chi connectivity index (χ3v) is 5.05. The number of nitrogens with one attached hydrogen (secondary N) is 1. The molecule has 0 unspecified atom stereocenters. The van der Waals surface area contributed by atoms with Crippen LogP contribution in [0.5, 0.6) is 0 Å². The average molecular weight is 335 g/mol. The van der Waals surface area contributed by atoms with E-state index in [2.05, 4.69) is 47.0 Å². The molecule has 1 atom stereocenters. The lowest BCUT2D eigenvalue weighted by molar-refractivity contribution is 0.206. The van der Waals surface area contributed by atoms with Crippen molar-refractivity contribution in [2.45, 2.75) is 39.2 Å². The first-order chi connectivity index (χ1) is 12.3. The number of aromatic nitrogens is 4. The van der Waals surface area contributed by atoms with Crippen molar-refractivity contribution in [3.63, 3.8) is 0 Å². The molecule has 5 heteroatoms. The molecule has 0 aliphatic carbocycles. The van der Waals surface area contributed by atoms with E-state index in [0.717, 1.165) is 25.2 Å². The van der Waals surface area contributed by atoms with Crippen LogP contribution in [-0.4, -0.2) is 37.7 Å². The van der Waals surface area contributed by atoms with Crippen molar-refractivity contribution < 1.29 is 0 Å². The molecule has 130 valence electrons. The fraction of sp³-hybridized carbons (Fsp3) is 0.400. The molecular formula is C20H25N5. The van der Waals surface area contributed by atoms with Gasteiger partial charge in [-0.2, -0.15) is 5.10 Å². The summed E-state index contributed by atoms with van der Waals surface area (Å²) < 4.78 is 1.97. The van der Waals surface area contributed by atoms with E-state index in [4.69, 9.17) is 4.98 Å². The highest BCUT2D eigenvalue weighted by Crippen LogP contribution is 2.36.